The van der Waals surface area contributed by atoms with Gasteiger partial charge in [0.2, 0.25) is 0 Å². The van der Waals surface area contributed by atoms with Crippen molar-refractivity contribution in [2.75, 3.05) is 18.5 Å². The molecule has 2 aromatic carbocycles. The molecular weight excluding hydrogens is 364 g/mol. The highest BCUT2D eigenvalue weighted by Crippen LogP contribution is 2.34. The summed E-state index contributed by atoms with van der Waals surface area (Å²) in [6.45, 7) is 1.04. The number of nitrogens with one attached hydrogen (secondary N) is 1. The molecule has 0 atom stereocenters. The topological polar surface area (TPSA) is 60.5 Å². The van der Waals surface area contributed by atoms with Gasteiger partial charge in [0.1, 0.15) is 13.2 Å². The number of carbonyl (C=O) groups is 1. The molecule has 0 unspecified atom stereocenters. The largest absolute Gasteiger partial charge is 0.486 e. The van der Waals surface area contributed by atoms with Crippen molar-refractivity contribution in [3.8, 4) is 11.5 Å². The molecule has 0 fully saturated rings. The zero-order valence-corrected chi connectivity index (χ0v) is 15.3. The van der Waals surface area contributed by atoms with Gasteiger partial charge in [-0.05, 0) is 55.2 Å². The number of nitrogens with zero attached hydrogens (tertiary/aromatic N) is 1. The van der Waals surface area contributed by atoms with E-state index in [1.54, 1.807) is 12.1 Å². The number of pyridine rings is 1. The molecule has 1 aromatic heterocycles. The van der Waals surface area contributed by atoms with Gasteiger partial charge in [0.15, 0.2) is 11.5 Å². The monoisotopic (exact) mass is 380 g/mol. The lowest BCUT2D eigenvalue weighted by Crippen LogP contribution is -2.17. The second-order valence-electron chi connectivity index (χ2n) is 6.74. The number of rotatable bonds is 2. The lowest BCUT2D eigenvalue weighted by atomic mass is 10.0. The molecule has 1 amide bonds. The van der Waals surface area contributed by atoms with Gasteiger partial charge in [-0.25, -0.2) is 0 Å². The van der Waals surface area contributed by atoms with Crippen molar-refractivity contribution in [3.63, 3.8) is 0 Å². The van der Waals surface area contributed by atoms with Gasteiger partial charge in [0, 0.05) is 27.9 Å². The van der Waals surface area contributed by atoms with Crippen molar-refractivity contribution in [1.29, 1.82) is 0 Å². The van der Waals surface area contributed by atoms with Crippen molar-refractivity contribution < 1.29 is 14.3 Å². The summed E-state index contributed by atoms with van der Waals surface area (Å²) in [6.07, 6.45) is 2.77. The Kier molecular flexibility index (Phi) is 3.90. The van der Waals surface area contributed by atoms with Crippen LogP contribution in [0.2, 0.25) is 5.02 Å². The molecule has 136 valence electrons. The van der Waals surface area contributed by atoms with Gasteiger partial charge in [0.25, 0.3) is 5.91 Å². The van der Waals surface area contributed by atoms with E-state index >= 15 is 0 Å². The Bertz CT molecular complexity index is 1080. The molecule has 1 aliphatic carbocycles. The Morgan fingerprint density at radius 2 is 1.89 bits per heavy atom. The molecule has 0 saturated heterocycles. The Hall–Kier alpha value is -2.79. The lowest BCUT2D eigenvalue weighted by Gasteiger charge is -2.19. The summed E-state index contributed by atoms with van der Waals surface area (Å²) in [6, 6.07) is 10.9. The lowest BCUT2D eigenvalue weighted by molar-refractivity contribution is 0.102. The summed E-state index contributed by atoms with van der Waals surface area (Å²) in [5.41, 5.74) is 4.18. The van der Waals surface area contributed by atoms with Gasteiger partial charge in [-0.15, -0.1) is 0 Å². The average Bonchev–Trinajstić information content (AvgIpc) is 3.14. The van der Waals surface area contributed by atoms with Gasteiger partial charge in [0.05, 0.1) is 11.1 Å². The molecule has 0 radical (unpaired) electrons. The third kappa shape index (κ3) is 2.88. The quantitative estimate of drug-likeness (QED) is 0.715. The van der Waals surface area contributed by atoms with Crippen LogP contribution in [0, 0.1) is 0 Å². The molecule has 2 heterocycles. The van der Waals surface area contributed by atoms with Crippen LogP contribution in [-0.4, -0.2) is 24.1 Å². The van der Waals surface area contributed by atoms with E-state index in [1.807, 2.05) is 24.3 Å². The maximum Gasteiger partial charge on any atom is 0.256 e. The molecule has 0 spiro atoms. The molecular formula is C21H17ClN2O3. The molecule has 6 heteroatoms. The summed E-state index contributed by atoms with van der Waals surface area (Å²) < 4.78 is 11.1. The minimum atomic E-state index is -0.153. The van der Waals surface area contributed by atoms with Crippen LogP contribution >= 0.6 is 11.6 Å². The predicted octanol–water partition coefficient (Wildman–Crippen LogP) is 4.40. The smallest absolute Gasteiger partial charge is 0.256 e. The first-order valence-electron chi connectivity index (χ1n) is 9.01. The zero-order chi connectivity index (χ0) is 18.4. The van der Waals surface area contributed by atoms with E-state index in [0.29, 0.717) is 41.0 Å². The maximum atomic E-state index is 13.2. The number of hydrogen-bond donors (Lipinski definition) is 1. The van der Waals surface area contributed by atoms with Crippen LogP contribution in [0.4, 0.5) is 5.69 Å². The van der Waals surface area contributed by atoms with E-state index in [9.17, 15) is 4.79 Å². The van der Waals surface area contributed by atoms with Crippen LogP contribution in [0.15, 0.2) is 36.4 Å². The highest BCUT2D eigenvalue weighted by molar-refractivity contribution is 6.31. The molecule has 1 aliphatic heterocycles. The van der Waals surface area contributed by atoms with Crippen LogP contribution < -0.4 is 14.8 Å². The Morgan fingerprint density at radius 1 is 1.04 bits per heavy atom. The van der Waals surface area contributed by atoms with Crippen LogP contribution in [0.25, 0.3) is 10.9 Å². The summed E-state index contributed by atoms with van der Waals surface area (Å²) in [5, 5.41) is 4.39. The van der Waals surface area contributed by atoms with Crippen molar-refractivity contribution in [1.82, 2.24) is 4.98 Å². The van der Waals surface area contributed by atoms with Gasteiger partial charge >= 0.3 is 0 Å². The van der Waals surface area contributed by atoms with Crippen LogP contribution in [-0.2, 0) is 12.8 Å². The third-order valence-corrected chi connectivity index (χ3v) is 5.24. The molecule has 0 saturated carbocycles. The van der Waals surface area contributed by atoms with Crippen LogP contribution in [0.3, 0.4) is 0 Å². The molecule has 27 heavy (non-hydrogen) atoms. The zero-order valence-electron chi connectivity index (χ0n) is 14.5. The summed E-state index contributed by atoms with van der Waals surface area (Å²) in [7, 11) is 0. The number of carbonyl (C=O) groups excluding carboxylic acids is 1. The fraction of sp³-hybridized carbons (Fsp3) is 0.238. The normalized spacial score (nSPS) is 14.9. The standard InChI is InChI=1S/C21H17ClN2O3/c22-12-4-6-17-15(10-12)20(14-2-1-3-16(14)24-17)21(25)23-13-5-7-18-19(11-13)27-9-8-26-18/h4-7,10-11H,1-3,8-9H2,(H,23,25). The Morgan fingerprint density at radius 3 is 2.78 bits per heavy atom. The first-order valence-corrected chi connectivity index (χ1v) is 9.39. The minimum absolute atomic E-state index is 0.153. The molecule has 1 N–H and O–H groups in total. The molecule has 2 aliphatic rings. The van der Waals surface area contributed by atoms with E-state index in [-0.39, 0.29) is 5.91 Å². The number of benzene rings is 2. The molecule has 3 aromatic rings. The van der Waals surface area contributed by atoms with Crippen molar-refractivity contribution in [3.05, 3.63) is 58.2 Å². The number of ether oxygens (including phenoxy) is 2. The number of amides is 1. The van der Waals surface area contributed by atoms with Crippen molar-refractivity contribution in [2.24, 2.45) is 0 Å². The number of anilines is 1. The second-order valence-corrected chi connectivity index (χ2v) is 7.18. The fourth-order valence-corrected chi connectivity index (χ4v) is 3.98. The Labute approximate surface area is 161 Å². The van der Waals surface area contributed by atoms with E-state index in [4.69, 9.17) is 26.1 Å². The predicted molar refractivity (Wildman–Crippen MR) is 104 cm³/mol. The summed E-state index contributed by atoms with van der Waals surface area (Å²) in [4.78, 5) is 17.9. The highest BCUT2D eigenvalue weighted by atomic mass is 35.5. The molecule has 5 nitrogen and oxygen atoms in total. The van der Waals surface area contributed by atoms with E-state index in [0.717, 1.165) is 41.4 Å². The van der Waals surface area contributed by atoms with Crippen LogP contribution in [0.5, 0.6) is 11.5 Å². The van der Waals surface area contributed by atoms with Crippen LogP contribution in [0.1, 0.15) is 28.0 Å². The highest BCUT2D eigenvalue weighted by Gasteiger charge is 2.24. The summed E-state index contributed by atoms with van der Waals surface area (Å²) in [5.74, 6) is 1.19. The van der Waals surface area contributed by atoms with Gasteiger partial charge in [-0.3, -0.25) is 9.78 Å². The number of fused-ring (bicyclic) bond motifs is 3. The maximum absolute atomic E-state index is 13.2. The fourth-order valence-electron chi connectivity index (χ4n) is 3.81. The molecule has 5 rings (SSSR count). The van der Waals surface area contributed by atoms with Gasteiger partial charge in [-0.2, -0.15) is 0 Å². The van der Waals surface area contributed by atoms with Crippen molar-refractivity contribution >= 4 is 34.1 Å². The van der Waals surface area contributed by atoms with Gasteiger partial charge < -0.3 is 14.8 Å². The third-order valence-electron chi connectivity index (χ3n) is 5.00. The van der Waals surface area contributed by atoms with E-state index in [2.05, 4.69) is 5.32 Å². The SMILES string of the molecule is O=C(Nc1ccc2c(c1)OCCO2)c1c2c(nc3ccc(Cl)cc13)CCC2. The Balaban J connectivity index is 1.57. The van der Waals surface area contributed by atoms with Gasteiger partial charge in [-0.1, -0.05) is 11.6 Å². The first kappa shape index (κ1) is 16.4. The average molecular weight is 381 g/mol. The first-order chi connectivity index (χ1) is 13.2. The summed E-state index contributed by atoms with van der Waals surface area (Å²) >= 11 is 6.20. The van der Waals surface area contributed by atoms with E-state index < -0.39 is 0 Å². The molecule has 0 bridgehead atoms. The van der Waals surface area contributed by atoms with Crippen molar-refractivity contribution in [2.45, 2.75) is 19.3 Å². The number of aryl methyl sites for hydroxylation is 1. The number of halogens is 1. The number of hydrogen-bond acceptors (Lipinski definition) is 4. The second kappa shape index (κ2) is 6.43. The number of aromatic nitrogens is 1. The minimum Gasteiger partial charge on any atom is -0.486 e. The van der Waals surface area contributed by atoms with E-state index in [1.165, 1.54) is 0 Å².